The van der Waals surface area contributed by atoms with Crippen molar-refractivity contribution in [3.8, 4) is 0 Å². The highest BCUT2D eigenvalue weighted by Crippen LogP contribution is 2.29. The third kappa shape index (κ3) is 7.45. The standard InChI is InChI=1S/C12H19F3N2O3S/c13-12(14,15)21-7-6-16-11(20)17-9(10(18)19)8-4-2-1-3-5-8/h8-9H,1-7H2,(H,18,19)(H2,16,17,20). The molecule has 0 aromatic carbocycles. The summed E-state index contributed by atoms with van der Waals surface area (Å²) < 4.78 is 35.7. The van der Waals surface area contributed by atoms with E-state index in [1.807, 2.05) is 0 Å². The number of carboxylic acid groups (broad SMARTS) is 1. The highest BCUT2D eigenvalue weighted by atomic mass is 32.2. The predicted molar refractivity (Wildman–Crippen MR) is 73.0 cm³/mol. The average molecular weight is 328 g/mol. The fourth-order valence-electron chi connectivity index (χ4n) is 2.37. The predicted octanol–water partition coefficient (Wildman–Crippen LogP) is 2.57. The lowest BCUT2D eigenvalue weighted by Crippen LogP contribution is -2.50. The molecular weight excluding hydrogens is 309 g/mol. The molecule has 1 aliphatic carbocycles. The summed E-state index contributed by atoms with van der Waals surface area (Å²) in [7, 11) is 0. The van der Waals surface area contributed by atoms with Crippen LogP contribution < -0.4 is 10.6 Å². The SMILES string of the molecule is O=C(NCCSC(F)(F)F)NC(C(=O)O)C1CCCCC1. The molecule has 1 fully saturated rings. The number of thioether (sulfide) groups is 1. The minimum Gasteiger partial charge on any atom is -0.480 e. The lowest BCUT2D eigenvalue weighted by molar-refractivity contribution is -0.141. The first-order valence-corrected chi connectivity index (χ1v) is 7.76. The highest BCUT2D eigenvalue weighted by molar-refractivity contribution is 8.00. The van der Waals surface area contributed by atoms with Crippen molar-refractivity contribution >= 4 is 23.8 Å². The van der Waals surface area contributed by atoms with Gasteiger partial charge in [0, 0.05) is 12.3 Å². The molecule has 21 heavy (non-hydrogen) atoms. The van der Waals surface area contributed by atoms with E-state index in [0.717, 1.165) is 32.1 Å². The van der Waals surface area contributed by atoms with E-state index < -0.39 is 23.6 Å². The van der Waals surface area contributed by atoms with E-state index >= 15 is 0 Å². The average Bonchev–Trinajstić information content (AvgIpc) is 2.40. The van der Waals surface area contributed by atoms with Gasteiger partial charge in [0.1, 0.15) is 6.04 Å². The zero-order valence-electron chi connectivity index (χ0n) is 11.4. The normalized spacial score (nSPS) is 18.0. The molecule has 5 nitrogen and oxygen atoms in total. The van der Waals surface area contributed by atoms with Gasteiger partial charge in [-0.05, 0) is 30.5 Å². The third-order valence-corrected chi connectivity index (χ3v) is 4.06. The first kappa shape index (κ1) is 17.9. The van der Waals surface area contributed by atoms with Gasteiger partial charge in [0.05, 0.1) is 0 Å². The maximum atomic E-state index is 11.9. The summed E-state index contributed by atoms with van der Waals surface area (Å²) >= 11 is -0.230. The zero-order chi connectivity index (χ0) is 15.9. The number of carboxylic acids is 1. The highest BCUT2D eigenvalue weighted by Gasteiger charge is 2.31. The molecule has 0 spiro atoms. The van der Waals surface area contributed by atoms with E-state index in [-0.39, 0.29) is 30.0 Å². The Kier molecular flexibility index (Phi) is 7.13. The van der Waals surface area contributed by atoms with Crippen LogP contribution in [0.5, 0.6) is 0 Å². The molecule has 122 valence electrons. The number of carbonyl (C=O) groups is 2. The summed E-state index contributed by atoms with van der Waals surface area (Å²) in [4.78, 5) is 22.7. The maximum absolute atomic E-state index is 11.9. The van der Waals surface area contributed by atoms with Gasteiger partial charge in [-0.3, -0.25) is 0 Å². The van der Waals surface area contributed by atoms with Crippen LogP contribution in [0.3, 0.4) is 0 Å². The Labute approximate surface area is 125 Å². The first-order chi connectivity index (χ1) is 9.79. The number of carbonyl (C=O) groups excluding carboxylic acids is 1. The minimum absolute atomic E-state index is 0.119. The molecule has 0 aromatic rings. The van der Waals surface area contributed by atoms with Gasteiger partial charge >= 0.3 is 17.5 Å². The Balaban J connectivity index is 2.33. The number of nitrogens with one attached hydrogen (secondary N) is 2. The summed E-state index contributed by atoms with van der Waals surface area (Å²) in [5, 5.41) is 13.7. The number of rotatable bonds is 6. The second-order valence-corrected chi connectivity index (χ2v) is 6.07. The molecular formula is C12H19F3N2O3S. The van der Waals surface area contributed by atoms with E-state index in [9.17, 15) is 22.8 Å². The van der Waals surface area contributed by atoms with Crippen molar-refractivity contribution in [2.24, 2.45) is 5.92 Å². The summed E-state index contributed by atoms with van der Waals surface area (Å²) in [5.41, 5.74) is -4.33. The van der Waals surface area contributed by atoms with Crippen LogP contribution >= 0.6 is 11.8 Å². The Morgan fingerprint density at radius 2 is 1.86 bits per heavy atom. The Hall–Kier alpha value is -1.12. The van der Waals surface area contributed by atoms with E-state index in [1.165, 1.54) is 0 Å². The molecule has 0 saturated heterocycles. The van der Waals surface area contributed by atoms with Crippen molar-refractivity contribution in [1.29, 1.82) is 0 Å². The van der Waals surface area contributed by atoms with Crippen LogP contribution in [-0.4, -0.2) is 41.0 Å². The van der Waals surface area contributed by atoms with Crippen LogP contribution in [0, 0.1) is 5.92 Å². The number of aliphatic carboxylic acids is 1. The van der Waals surface area contributed by atoms with Gasteiger partial charge in [-0.15, -0.1) is 0 Å². The van der Waals surface area contributed by atoms with Gasteiger partial charge in [-0.1, -0.05) is 19.3 Å². The second-order valence-electron chi connectivity index (χ2n) is 4.91. The van der Waals surface area contributed by atoms with E-state index in [1.54, 1.807) is 0 Å². The number of urea groups is 1. The molecule has 1 saturated carbocycles. The molecule has 1 unspecified atom stereocenters. The Bertz CT molecular complexity index is 360. The molecule has 0 bridgehead atoms. The molecule has 2 amide bonds. The number of amides is 2. The molecule has 1 aliphatic rings. The lowest BCUT2D eigenvalue weighted by Gasteiger charge is -2.28. The van der Waals surface area contributed by atoms with Crippen molar-refractivity contribution in [2.45, 2.75) is 43.7 Å². The summed E-state index contributed by atoms with van der Waals surface area (Å²) in [6, 6.07) is -1.73. The smallest absolute Gasteiger partial charge is 0.441 e. The number of halogens is 3. The first-order valence-electron chi connectivity index (χ1n) is 6.77. The van der Waals surface area contributed by atoms with E-state index in [2.05, 4.69) is 10.6 Å². The van der Waals surface area contributed by atoms with Gasteiger partial charge in [0.15, 0.2) is 0 Å². The molecule has 0 aliphatic heterocycles. The van der Waals surface area contributed by atoms with Gasteiger partial charge in [0.25, 0.3) is 0 Å². The number of alkyl halides is 3. The third-order valence-electron chi connectivity index (χ3n) is 3.33. The fourth-order valence-corrected chi connectivity index (χ4v) is 2.81. The Morgan fingerprint density at radius 1 is 1.24 bits per heavy atom. The molecule has 0 radical (unpaired) electrons. The van der Waals surface area contributed by atoms with Crippen molar-refractivity contribution < 1.29 is 27.9 Å². The van der Waals surface area contributed by atoms with E-state index in [0.29, 0.717) is 0 Å². The van der Waals surface area contributed by atoms with E-state index in [4.69, 9.17) is 5.11 Å². The molecule has 3 N–H and O–H groups in total. The van der Waals surface area contributed by atoms with Gasteiger partial charge in [-0.25, -0.2) is 9.59 Å². The maximum Gasteiger partial charge on any atom is 0.441 e. The second kappa shape index (κ2) is 8.35. The summed E-state index contributed by atoms with van der Waals surface area (Å²) in [6.07, 6.45) is 4.39. The van der Waals surface area contributed by atoms with Gasteiger partial charge in [0.2, 0.25) is 0 Å². The van der Waals surface area contributed by atoms with Crippen LogP contribution in [0.15, 0.2) is 0 Å². The van der Waals surface area contributed by atoms with Crippen molar-refractivity contribution in [2.75, 3.05) is 12.3 Å². The van der Waals surface area contributed by atoms with Crippen LogP contribution in [0.4, 0.5) is 18.0 Å². The summed E-state index contributed by atoms with van der Waals surface area (Å²) in [6.45, 7) is -0.174. The van der Waals surface area contributed by atoms with Crippen molar-refractivity contribution in [1.82, 2.24) is 10.6 Å². The molecule has 9 heteroatoms. The van der Waals surface area contributed by atoms with Gasteiger partial charge in [-0.2, -0.15) is 13.2 Å². The van der Waals surface area contributed by atoms with Gasteiger partial charge < -0.3 is 15.7 Å². The Morgan fingerprint density at radius 3 is 2.38 bits per heavy atom. The van der Waals surface area contributed by atoms with Crippen LogP contribution in [0.2, 0.25) is 0 Å². The van der Waals surface area contributed by atoms with Crippen molar-refractivity contribution in [3.05, 3.63) is 0 Å². The van der Waals surface area contributed by atoms with Crippen LogP contribution in [0.1, 0.15) is 32.1 Å². The minimum atomic E-state index is -4.33. The van der Waals surface area contributed by atoms with Crippen LogP contribution in [-0.2, 0) is 4.79 Å². The quantitative estimate of drug-likeness (QED) is 0.655. The molecule has 1 rings (SSSR count). The topological polar surface area (TPSA) is 78.4 Å². The fraction of sp³-hybridized carbons (Fsp3) is 0.833. The monoisotopic (exact) mass is 328 g/mol. The zero-order valence-corrected chi connectivity index (χ0v) is 12.2. The molecule has 1 atom stereocenters. The lowest BCUT2D eigenvalue weighted by atomic mass is 9.84. The largest absolute Gasteiger partial charge is 0.480 e. The molecule has 0 heterocycles. The van der Waals surface area contributed by atoms with Crippen LogP contribution in [0.25, 0.3) is 0 Å². The number of hydrogen-bond acceptors (Lipinski definition) is 3. The van der Waals surface area contributed by atoms with Crippen molar-refractivity contribution in [3.63, 3.8) is 0 Å². The summed E-state index contributed by atoms with van der Waals surface area (Å²) in [5.74, 6) is -1.54. The number of hydrogen-bond donors (Lipinski definition) is 3. The molecule has 0 aromatic heterocycles.